The molecule has 0 radical (unpaired) electrons. The summed E-state index contributed by atoms with van der Waals surface area (Å²) in [6.45, 7) is -0.358. The molecule has 1 N–H and O–H groups in total. The fourth-order valence-corrected chi connectivity index (χ4v) is 1.56. The number of rotatable bonds is 4. The van der Waals surface area contributed by atoms with Crippen LogP contribution in [0, 0.1) is 10.1 Å². The number of nitrogens with one attached hydrogen (secondary N) is 1. The quantitative estimate of drug-likeness (QED) is 0.519. The predicted octanol–water partition coefficient (Wildman–Crippen LogP) is 1.80. The highest BCUT2D eigenvalue weighted by atomic mass is 35.5. The molecule has 102 valence electrons. The summed E-state index contributed by atoms with van der Waals surface area (Å²) in [5.74, 6) is -1.35. The van der Waals surface area contributed by atoms with E-state index >= 15 is 0 Å². The molecule has 0 aliphatic heterocycles. The van der Waals surface area contributed by atoms with Gasteiger partial charge < -0.3 is 10.1 Å². The molecule has 0 bridgehead atoms. The summed E-state index contributed by atoms with van der Waals surface area (Å²) in [7, 11) is 1.17. The smallest absolute Gasteiger partial charge is 0.325 e. The van der Waals surface area contributed by atoms with Gasteiger partial charge in [-0.1, -0.05) is 23.2 Å². The SMILES string of the molecule is COC(=O)CNC(=O)c1cc(Cl)c(Cl)c([N+](=O)[O-])c1. The molecule has 0 heterocycles. The van der Waals surface area contributed by atoms with Crippen molar-refractivity contribution in [1.82, 2.24) is 5.32 Å². The molecule has 0 saturated heterocycles. The Hall–Kier alpha value is -1.86. The van der Waals surface area contributed by atoms with E-state index < -0.39 is 22.5 Å². The van der Waals surface area contributed by atoms with Crippen LogP contribution in [0.25, 0.3) is 0 Å². The number of nitro benzene ring substituents is 1. The van der Waals surface area contributed by atoms with Gasteiger partial charge in [0.25, 0.3) is 11.6 Å². The van der Waals surface area contributed by atoms with Crippen molar-refractivity contribution in [3.63, 3.8) is 0 Å². The topological polar surface area (TPSA) is 98.5 Å². The summed E-state index contributed by atoms with van der Waals surface area (Å²) >= 11 is 11.3. The Labute approximate surface area is 117 Å². The molecule has 0 aromatic heterocycles. The zero-order valence-corrected chi connectivity index (χ0v) is 11.1. The van der Waals surface area contributed by atoms with Crippen LogP contribution >= 0.6 is 23.2 Å². The van der Waals surface area contributed by atoms with Crippen LogP contribution in [0.15, 0.2) is 12.1 Å². The van der Waals surface area contributed by atoms with Crippen molar-refractivity contribution < 1.29 is 19.2 Å². The van der Waals surface area contributed by atoms with Crippen LogP contribution in [0.5, 0.6) is 0 Å². The molecule has 0 saturated carbocycles. The number of hydrogen-bond acceptors (Lipinski definition) is 5. The monoisotopic (exact) mass is 306 g/mol. The molecule has 19 heavy (non-hydrogen) atoms. The first-order chi connectivity index (χ1) is 8.86. The first-order valence-corrected chi connectivity index (χ1v) is 5.61. The Kier molecular flexibility index (Phi) is 5.08. The van der Waals surface area contributed by atoms with E-state index in [0.29, 0.717) is 0 Å². The molecule has 0 aliphatic rings. The maximum atomic E-state index is 11.7. The highest BCUT2D eigenvalue weighted by molar-refractivity contribution is 6.43. The minimum Gasteiger partial charge on any atom is -0.468 e. The number of halogens is 2. The largest absolute Gasteiger partial charge is 0.468 e. The molecule has 1 amide bonds. The normalized spacial score (nSPS) is 9.84. The number of carbonyl (C=O) groups excluding carboxylic acids is 2. The highest BCUT2D eigenvalue weighted by Gasteiger charge is 2.20. The van der Waals surface area contributed by atoms with Gasteiger partial charge in [0.15, 0.2) is 0 Å². The van der Waals surface area contributed by atoms with Gasteiger partial charge in [0.05, 0.1) is 17.1 Å². The van der Waals surface area contributed by atoms with Crippen LogP contribution in [-0.2, 0) is 9.53 Å². The van der Waals surface area contributed by atoms with Crippen molar-refractivity contribution in [2.24, 2.45) is 0 Å². The molecule has 1 aromatic rings. The Morgan fingerprint density at radius 1 is 1.42 bits per heavy atom. The van der Waals surface area contributed by atoms with E-state index in [2.05, 4.69) is 10.1 Å². The van der Waals surface area contributed by atoms with Gasteiger partial charge >= 0.3 is 5.97 Å². The minimum absolute atomic E-state index is 0.0787. The predicted molar refractivity (Wildman–Crippen MR) is 67.5 cm³/mol. The number of esters is 1. The number of hydrogen-bond donors (Lipinski definition) is 1. The van der Waals surface area contributed by atoms with E-state index in [9.17, 15) is 19.7 Å². The third-order valence-electron chi connectivity index (χ3n) is 2.09. The van der Waals surface area contributed by atoms with E-state index in [1.165, 1.54) is 13.2 Å². The summed E-state index contributed by atoms with van der Waals surface area (Å²) in [5.41, 5.74) is -0.567. The first-order valence-electron chi connectivity index (χ1n) is 4.85. The van der Waals surface area contributed by atoms with Gasteiger partial charge in [-0.25, -0.2) is 0 Å². The van der Waals surface area contributed by atoms with Gasteiger partial charge in [0.2, 0.25) is 0 Å². The average Bonchev–Trinajstić information content (AvgIpc) is 2.37. The van der Waals surface area contributed by atoms with E-state index in [4.69, 9.17) is 23.2 Å². The number of nitro groups is 1. The van der Waals surface area contributed by atoms with Gasteiger partial charge in [-0.2, -0.15) is 0 Å². The molecular formula is C10H8Cl2N2O5. The Bertz CT molecular complexity index is 547. The van der Waals surface area contributed by atoms with E-state index in [-0.39, 0.29) is 22.2 Å². The zero-order chi connectivity index (χ0) is 14.6. The van der Waals surface area contributed by atoms with E-state index in [1.54, 1.807) is 0 Å². The third kappa shape index (κ3) is 3.80. The maximum absolute atomic E-state index is 11.7. The number of carbonyl (C=O) groups is 2. The van der Waals surface area contributed by atoms with Crippen molar-refractivity contribution in [3.05, 3.63) is 37.9 Å². The zero-order valence-electron chi connectivity index (χ0n) is 9.61. The van der Waals surface area contributed by atoms with Crippen LogP contribution in [-0.4, -0.2) is 30.5 Å². The standard InChI is InChI=1S/C10H8Cl2N2O5/c1-19-8(15)4-13-10(16)5-2-6(11)9(12)7(3-5)14(17)18/h2-3H,4H2,1H3,(H,13,16). The summed E-state index contributed by atoms with van der Waals surface area (Å²) in [6.07, 6.45) is 0. The van der Waals surface area contributed by atoms with Crippen molar-refractivity contribution in [1.29, 1.82) is 0 Å². The van der Waals surface area contributed by atoms with E-state index in [1.807, 2.05) is 0 Å². The fourth-order valence-electron chi connectivity index (χ4n) is 1.17. The van der Waals surface area contributed by atoms with Gasteiger partial charge in [0.1, 0.15) is 11.6 Å². The number of methoxy groups -OCH3 is 1. The van der Waals surface area contributed by atoms with Gasteiger partial charge in [-0.15, -0.1) is 0 Å². The number of benzene rings is 1. The Morgan fingerprint density at radius 2 is 2.05 bits per heavy atom. The molecule has 1 rings (SSSR count). The molecule has 7 nitrogen and oxygen atoms in total. The van der Waals surface area contributed by atoms with Crippen molar-refractivity contribution in [3.8, 4) is 0 Å². The Morgan fingerprint density at radius 3 is 2.58 bits per heavy atom. The first kappa shape index (κ1) is 15.2. The van der Waals surface area contributed by atoms with Crippen LogP contribution in [0.3, 0.4) is 0 Å². The lowest BCUT2D eigenvalue weighted by Gasteiger charge is -2.05. The van der Waals surface area contributed by atoms with Gasteiger partial charge in [-0.3, -0.25) is 19.7 Å². The summed E-state index contributed by atoms with van der Waals surface area (Å²) < 4.78 is 4.33. The third-order valence-corrected chi connectivity index (χ3v) is 2.88. The second-order valence-corrected chi connectivity index (χ2v) is 4.09. The molecule has 0 unspecified atom stereocenters. The highest BCUT2D eigenvalue weighted by Crippen LogP contribution is 2.32. The number of amides is 1. The molecule has 0 fully saturated rings. The molecule has 0 spiro atoms. The lowest BCUT2D eigenvalue weighted by molar-refractivity contribution is -0.384. The summed E-state index contributed by atoms with van der Waals surface area (Å²) in [6, 6.07) is 2.14. The molecule has 0 atom stereocenters. The summed E-state index contributed by atoms with van der Waals surface area (Å²) in [5, 5.41) is 12.6. The van der Waals surface area contributed by atoms with Crippen LogP contribution in [0.2, 0.25) is 10.0 Å². The maximum Gasteiger partial charge on any atom is 0.325 e. The number of nitrogens with zero attached hydrogens (tertiary/aromatic N) is 1. The summed E-state index contributed by atoms with van der Waals surface area (Å²) in [4.78, 5) is 32.5. The number of ether oxygens (including phenoxy) is 1. The lowest BCUT2D eigenvalue weighted by atomic mass is 10.2. The molecule has 1 aromatic carbocycles. The lowest BCUT2D eigenvalue weighted by Crippen LogP contribution is -2.30. The second-order valence-electron chi connectivity index (χ2n) is 3.31. The fraction of sp³-hybridized carbons (Fsp3) is 0.200. The van der Waals surface area contributed by atoms with Crippen LogP contribution in [0.1, 0.15) is 10.4 Å². The van der Waals surface area contributed by atoms with Gasteiger partial charge in [-0.05, 0) is 6.07 Å². The van der Waals surface area contributed by atoms with Crippen LogP contribution in [0.4, 0.5) is 5.69 Å². The van der Waals surface area contributed by atoms with Crippen molar-refractivity contribution >= 4 is 40.8 Å². The minimum atomic E-state index is -0.759. The Balaban J connectivity index is 2.98. The van der Waals surface area contributed by atoms with Crippen molar-refractivity contribution in [2.45, 2.75) is 0 Å². The second kappa shape index (κ2) is 6.35. The van der Waals surface area contributed by atoms with Crippen molar-refractivity contribution in [2.75, 3.05) is 13.7 Å². The van der Waals surface area contributed by atoms with E-state index in [0.717, 1.165) is 6.07 Å². The van der Waals surface area contributed by atoms with Gasteiger partial charge in [0, 0.05) is 11.6 Å². The molecule has 0 aliphatic carbocycles. The van der Waals surface area contributed by atoms with Crippen LogP contribution < -0.4 is 5.32 Å². The molecule has 9 heteroatoms. The average molecular weight is 307 g/mol. The molecular weight excluding hydrogens is 299 g/mol.